The van der Waals surface area contributed by atoms with E-state index in [1.54, 1.807) is 0 Å². The molecule has 332 valence electrons. The molecular weight excluding hydrogens is 841 g/mol. The van der Waals surface area contributed by atoms with Crippen molar-refractivity contribution in [2.24, 2.45) is 16.8 Å². The molecule has 2 aromatic carbocycles. The summed E-state index contributed by atoms with van der Waals surface area (Å²) in [6, 6.07) is 11.8. The number of hydrogen-bond donors (Lipinski definition) is 3. The minimum atomic E-state index is -0.660. The summed E-state index contributed by atoms with van der Waals surface area (Å²) >= 11 is 0. The van der Waals surface area contributed by atoms with Gasteiger partial charge in [0, 0.05) is 36.9 Å². The van der Waals surface area contributed by atoms with Crippen molar-refractivity contribution in [3.05, 3.63) is 83.0 Å². The summed E-state index contributed by atoms with van der Waals surface area (Å²) < 4.78 is 4.76. The third-order valence-electron chi connectivity index (χ3n) is 11.0. The molecule has 0 unspecified atom stereocenters. The number of amides is 3. The number of aromatic amines is 2. The zero-order valence-electron chi connectivity index (χ0n) is 35.4. The first-order valence-corrected chi connectivity index (χ1v) is 19.8. The SMILES string of the molecule is COOC=N[C@H](C(=O)N1CCC[C@H]1c1ncc(CCc2ccc3cc(CCc4cnc([C@@H]5CCCN5C(=O)[C@@H](NC(=O)OC)C(C)C)[nH]4)ccc3c2)[nH]1)C(C)C.S.S.S.S. The molecule has 4 atom stereocenters. The summed E-state index contributed by atoms with van der Waals surface area (Å²) in [7, 11) is 2.70. The summed E-state index contributed by atoms with van der Waals surface area (Å²) in [6.07, 6.45) is 11.2. The van der Waals surface area contributed by atoms with Gasteiger partial charge in [0.1, 0.15) is 23.7 Å². The topological polar surface area (TPSA) is 167 Å². The fraction of sp³-hybridized carbons (Fsp3) is 0.524. The van der Waals surface area contributed by atoms with Crippen molar-refractivity contribution >= 4 is 89.1 Å². The van der Waals surface area contributed by atoms with E-state index in [0.717, 1.165) is 74.4 Å². The molecule has 2 saturated heterocycles. The molecule has 14 nitrogen and oxygen atoms in total. The summed E-state index contributed by atoms with van der Waals surface area (Å²) in [6.45, 7) is 9.08. The molecule has 0 aliphatic carbocycles. The molecular formula is C42H64N8O6S4. The fourth-order valence-electron chi connectivity index (χ4n) is 7.89. The van der Waals surface area contributed by atoms with Gasteiger partial charge in [-0.1, -0.05) is 64.1 Å². The van der Waals surface area contributed by atoms with Crippen molar-refractivity contribution < 1.29 is 28.9 Å². The third kappa shape index (κ3) is 12.8. The molecule has 2 aromatic heterocycles. The number of carbonyl (C=O) groups excluding carboxylic acids is 3. The summed E-state index contributed by atoms with van der Waals surface area (Å²) in [5.41, 5.74) is 4.57. The van der Waals surface area contributed by atoms with Crippen LogP contribution in [0.3, 0.4) is 0 Å². The van der Waals surface area contributed by atoms with Crippen LogP contribution in [0.1, 0.15) is 99.6 Å². The maximum atomic E-state index is 13.5. The number of H-pyrrole nitrogens is 2. The number of hydrogen-bond acceptors (Lipinski definition) is 9. The number of nitrogens with one attached hydrogen (secondary N) is 3. The van der Waals surface area contributed by atoms with Gasteiger partial charge in [-0.3, -0.25) is 9.59 Å². The van der Waals surface area contributed by atoms with Gasteiger partial charge < -0.3 is 34.7 Å². The van der Waals surface area contributed by atoms with E-state index in [9.17, 15) is 14.4 Å². The number of ether oxygens (including phenoxy) is 1. The molecule has 4 aromatic rings. The number of rotatable bonds is 16. The van der Waals surface area contributed by atoms with Crippen LogP contribution in [0.4, 0.5) is 4.79 Å². The van der Waals surface area contributed by atoms with Gasteiger partial charge in [-0.2, -0.15) is 58.9 Å². The highest BCUT2D eigenvalue weighted by molar-refractivity contribution is 7.59. The standard InChI is InChI=1S/C42H56N8O6.4H2S/c1-26(2)36(45-25-56-55-6)40(51)49-19-7-9-34(49)38-43-23-32(46-38)17-13-28-11-15-31-22-29(12-16-30(31)21-28)14-18-33-24-44-39(47-33)35-10-8-20-50(35)41(52)37(27(3)4)48-42(53)54-5;;;;/h11-12,15-16,21-27,34-37H,7-10,13-14,17-20H2,1-6H3,(H,43,46)(H,44,47)(H,48,53);4*1H2/t34-,35-,36-,37-;;;;/m0..../s1. The molecule has 6 rings (SSSR count). The number of methoxy groups -OCH3 is 1. The van der Waals surface area contributed by atoms with E-state index >= 15 is 0 Å². The first-order chi connectivity index (χ1) is 27.1. The summed E-state index contributed by atoms with van der Waals surface area (Å²) in [5.74, 6) is 1.40. The van der Waals surface area contributed by atoms with Crippen LogP contribution in [-0.2, 0) is 49.8 Å². The zero-order valence-corrected chi connectivity index (χ0v) is 39.4. The first-order valence-electron chi connectivity index (χ1n) is 19.8. The van der Waals surface area contributed by atoms with Crippen molar-refractivity contribution in [2.75, 3.05) is 27.3 Å². The smallest absolute Gasteiger partial charge is 0.407 e. The normalized spacial score (nSPS) is 17.1. The lowest BCUT2D eigenvalue weighted by Gasteiger charge is -2.30. The summed E-state index contributed by atoms with van der Waals surface area (Å²) in [4.78, 5) is 72.8. The van der Waals surface area contributed by atoms with E-state index in [-0.39, 0.29) is 89.7 Å². The van der Waals surface area contributed by atoms with Crippen LogP contribution in [0, 0.1) is 11.8 Å². The van der Waals surface area contributed by atoms with Gasteiger partial charge in [-0.05, 0) is 85.1 Å². The zero-order chi connectivity index (χ0) is 39.8. The van der Waals surface area contributed by atoms with E-state index < -0.39 is 18.2 Å². The van der Waals surface area contributed by atoms with Crippen LogP contribution in [-0.4, -0.2) is 93.4 Å². The number of nitrogens with zero attached hydrogens (tertiary/aromatic N) is 5. The Labute approximate surface area is 381 Å². The van der Waals surface area contributed by atoms with Crippen molar-refractivity contribution in [2.45, 2.75) is 103 Å². The predicted octanol–water partition coefficient (Wildman–Crippen LogP) is 6.65. The van der Waals surface area contributed by atoms with Crippen molar-refractivity contribution in [1.29, 1.82) is 0 Å². The Kier molecular flexibility index (Phi) is 21.4. The van der Waals surface area contributed by atoms with Crippen LogP contribution >= 0.6 is 54.0 Å². The second kappa shape index (κ2) is 24.6. The Morgan fingerprint density at radius 1 is 0.767 bits per heavy atom. The minimum absolute atomic E-state index is 0. The number of likely N-dealkylation sites (tertiary alicyclic amines) is 2. The van der Waals surface area contributed by atoms with Gasteiger partial charge in [0.2, 0.25) is 18.2 Å². The van der Waals surface area contributed by atoms with Gasteiger partial charge in [-0.25, -0.2) is 19.8 Å². The van der Waals surface area contributed by atoms with Crippen LogP contribution in [0.15, 0.2) is 53.8 Å². The van der Waals surface area contributed by atoms with Gasteiger partial charge in [0.25, 0.3) is 0 Å². The Hall–Kier alpha value is -3.84. The Bertz CT molecular complexity index is 2010. The van der Waals surface area contributed by atoms with E-state index in [1.165, 1.54) is 42.5 Å². The monoisotopic (exact) mass is 904 g/mol. The lowest BCUT2D eigenvalue weighted by Crippen LogP contribution is -2.51. The highest BCUT2D eigenvalue weighted by Gasteiger charge is 2.38. The molecule has 0 saturated carbocycles. The van der Waals surface area contributed by atoms with Crippen LogP contribution in [0.25, 0.3) is 10.8 Å². The maximum absolute atomic E-state index is 13.5. The van der Waals surface area contributed by atoms with Gasteiger partial charge in [-0.15, -0.1) is 0 Å². The number of aliphatic imine (C=N–C) groups is 1. The van der Waals surface area contributed by atoms with Crippen molar-refractivity contribution in [3.8, 4) is 0 Å². The molecule has 3 amide bonds. The highest BCUT2D eigenvalue weighted by Crippen LogP contribution is 2.33. The largest absolute Gasteiger partial charge is 0.453 e. The van der Waals surface area contributed by atoms with Crippen LogP contribution < -0.4 is 5.32 Å². The number of imidazole rings is 2. The molecule has 0 bridgehead atoms. The minimum Gasteiger partial charge on any atom is -0.453 e. The summed E-state index contributed by atoms with van der Waals surface area (Å²) in [5, 5.41) is 5.11. The Balaban J connectivity index is 0.00000310. The van der Waals surface area contributed by atoms with E-state index in [0.29, 0.717) is 13.1 Å². The average molecular weight is 905 g/mol. The Morgan fingerprint density at radius 2 is 1.27 bits per heavy atom. The average Bonchev–Trinajstić information content (AvgIpc) is 4.03. The Morgan fingerprint density at radius 3 is 1.72 bits per heavy atom. The van der Waals surface area contributed by atoms with E-state index in [1.807, 2.05) is 49.9 Å². The lowest BCUT2D eigenvalue weighted by molar-refractivity contribution is -0.188. The van der Waals surface area contributed by atoms with Crippen LogP contribution in [0.2, 0.25) is 0 Å². The number of fused-ring (bicyclic) bond motifs is 1. The number of benzene rings is 2. The fourth-order valence-corrected chi connectivity index (χ4v) is 7.89. The molecule has 2 fully saturated rings. The van der Waals surface area contributed by atoms with Crippen molar-refractivity contribution in [3.63, 3.8) is 0 Å². The highest BCUT2D eigenvalue weighted by atomic mass is 32.1. The molecule has 0 radical (unpaired) electrons. The van der Waals surface area contributed by atoms with Crippen LogP contribution in [0.5, 0.6) is 0 Å². The van der Waals surface area contributed by atoms with E-state index in [4.69, 9.17) is 14.6 Å². The number of aryl methyl sites for hydroxylation is 4. The van der Waals surface area contributed by atoms with Crippen molar-refractivity contribution in [1.82, 2.24) is 35.1 Å². The maximum Gasteiger partial charge on any atom is 0.407 e. The molecule has 2 aliphatic rings. The molecule has 4 heterocycles. The first kappa shape index (κ1) is 52.3. The number of alkyl carbamates (subject to hydrolysis) is 1. The van der Waals surface area contributed by atoms with E-state index in [2.05, 4.69) is 66.5 Å². The van der Waals surface area contributed by atoms with Gasteiger partial charge in [0.05, 0.1) is 26.3 Å². The lowest BCUT2D eigenvalue weighted by atomic mass is 9.99. The molecule has 2 aliphatic heterocycles. The molecule has 3 N–H and O–H groups in total. The molecule has 0 spiro atoms. The predicted molar refractivity (Wildman–Crippen MR) is 254 cm³/mol. The molecule has 60 heavy (non-hydrogen) atoms. The number of carbonyl (C=O) groups is 3. The van der Waals surface area contributed by atoms with Gasteiger partial charge >= 0.3 is 6.09 Å². The second-order valence-electron chi connectivity index (χ2n) is 15.5. The second-order valence-corrected chi connectivity index (χ2v) is 15.5. The number of aromatic nitrogens is 4. The van der Waals surface area contributed by atoms with Gasteiger partial charge in [0.15, 0.2) is 0 Å². The quantitative estimate of drug-likeness (QED) is 0.0487. The third-order valence-corrected chi connectivity index (χ3v) is 11.0. The molecule has 18 heteroatoms.